The van der Waals surface area contributed by atoms with Crippen molar-refractivity contribution in [2.24, 2.45) is 10.9 Å². The number of benzene rings is 1. The summed E-state index contributed by atoms with van der Waals surface area (Å²) in [5, 5.41) is 7.65. The second-order valence-corrected chi connectivity index (χ2v) is 6.69. The Labute approximate surface area is 124 Å². The molecule has 20 heavy (non-hydrogen) atoms. The number of rotatable bonds is 4. The summed E-state index contributed by atoms with van der Waals surface area (Å²) in [5.74, 6) is 0.636. The van der Waals surface area contributed by atoms with Crippen LogP contribution in [0.1, 0.15) is 27.2 Å². The van der Waals surface area contributed by atoms with Crippen molar-refractivity contribution in [2.75, 3.05) is 17.2 Å². The van der Waals surface area contributed by atoms with Crippen LogP contribution < -0.4 is 10.6 Å². The van der Waals surface area contributed by atoms with E-state index in [1.165, 1.54) is 13.3 Å². The van der Waals surface area contributed by atoms with Gasteiger partial charge in [-0.3, -0.25) is 9.79 Å². The van der Waals surface area contributed by atoms with Gasteiger partial charge in [0, 0.05) is 23.5 Å². The molecule has 5 heteroatoms. The Kier molecular flexibility index (Phi) is 5.06. The van der Waals surface area contributed by atoms with Gasteiger partial charge in [0.2, 0.25) is 5.91 Å². The van der Waals surface area contributed by atoms with E-state index in [9.17, 15) is 4.79 Å². The van der Waals surface area contributed by atoms with E-state index in [4.69, 9.17) is 0 Å². The zero-order valence-corrected chi connectivity index (χ0v) is 13.0. The molecule has 1 aliphatic rings. The molecule has 2 N–H and O–H groups in total. The molecule has 0 radical (unpaired) electrons. The Morgan fingerprint density at radius 3 is 2.90 bits per heavy atom. The predicted molar refractivity (Wildman–Crippen MR) is 87.5 cm³/mol. The van der Waals surface area contributed by atoms with Gasteiger partial charge >= 0.3 is 0 Å². The molecule has 4 nitrogen and oxygen atoms in total. The molecule has 1 aromatic carbocycles. The van der Waals surface area contributed by atoms with Crippen molar-refractivity contribution in [1.82, 2.24) is 0 Å². The van der Waals surface area contributed by atoms with E-state index in [0.717, 1.165) is 23.1 Å². The summed E-state index contributed by atoms with van der Waals surface area (Å²) in [4.78, 5) is 15.6. The summed E-state index contributed by atoms with van der Waals surface area (Å²) in [7, 11) is 0. The van der Waals surface area contributed by atoms with Gasteiger partial charge in [0.25, 0.3) is 0 Å². The lowest BCUT2D eigenvalue weighted by molar-refractivity contribution is -0.114. The van der Waals surface area contributed by atoms with Gasteiger partial charge in [-0.2, -0.15) is 0 Å². The van der Waals surface area contributed by atoms with E-state index in [-0.39, 0.29) is 5.91 Å². The highest BCUT2D eigenvalue weighted by molar-refractivity contribution is 8.15. The van der Waals surface area contributed by atoms with Crippen LogP contribution in [0.2, 0.25) is 0 Å². The largest absolute Gasteiger partial charge is 0.335 e. The first kappa shape index (κ1) is 14.9. The molecule has 0 saturated carbocycles. The van der Waals surface area contributed by atoms with Crippen molar-refractivity contribution in [1.29, 1.82) is 0 Å². The van der Waals surface area contributed by atoms with Crippen molar-refractivity contribution >= 4 is 34.2 Å². The number of anilines is 2. The minimum Gasteiger partial charge on any atom is -0.335 e. The Balaban J connectivity index is 1.92. The summed E-state index contributed by atoms with van der Waals surface area (Å²) < 4.78 is 0. The molecule has 1 aromatic rings. The highest BCUT2D eigenvalue weighted by Crippen LogP contribution is 2.27. The van der Waals surface area contributed by atoms with E-state index in [1.54, 1.807) is 11.8 Å². The van der Waals surface area contributed by atoms with Crippen LogP contribution in [0.15, 0.2) is 29.3 Å². The summed E-state index contributed by atoms with van der Waals surface area (Å²) in [6.45, 7) is 6.87. The maximum atomic E-state index is 11.1. The zero-order chi connectivity index (χ0) is 14.5. The minimum absolute atomic E-state index is 0.0632. The van der Waals surface area contributed by atoms with Crippen LogP contribution in [-0.4, -0.2) is 22.9 Å². The number of amides is 1. The third-order valence-corrected chi connectivity index (χ3v) is 4.01. The van der Waals surface area contributed by atoms with Crippen LogP contribution in [0, 0.1) is 5.92 Å². The lowest BCUT2D eigenvalue weighted by atomic mass is 10.1. The third-order valence-electron chi connectivity index (χ3n) is 2.89. The molecule has 0 aliphatic carbocycles. The molecule has 0 fully saturated rings. The molecule has 1 unspecified atom stereocenters. The van der Waals surface area contributed by atoms with Gasteiger partial charge in [-0.05, 0) is 30.5 Å². The first-order valence-electron chi connectivity index (χ1n) is 6.88. The topological polar surface area (TPSA) is 53.5 Å². The number of amidine groups is 1. The standard InChI is InChI=1S/C15H21N3OS/c1-10(2)7-14-9-16-15(20-14)18-13-6-4-5-12(8-13)17-11(3)19/h4-6,8,10,14H,7,9H2,1-3H3,(H,16,18)(H,17,19). The second-order valence-electron chi connectivity index (χ2n) is 5.40. The van der Waals surface area contributed by atoms with Crippen LogP contribution in [0.3, 0.4) is 0 Å². The maximum Gasteiger partial charge on any atom is 0.221 e. The molecule has 1 atom stereocenters. The molecule has 1 heterocycles. The van der Waals surface area contributed by atoms with Crippen molar-refractivity contribution in [3.05, 3.63) is 24.3 Å². The zero-order valence-electron chi connectivity index (χ0n) is 12.1. The fourth-order valence-corrected chi connectivity index (χ4v) is 3.41. The Morgan fingerprint density at radius 2 is 2.20 bits per heavy atom. The number of aliphatic imine (C=N–C) groups is 1. The lowest BCUT2D eigenvalue weighted by Crippen LogP contribution is -2.10. The van der Waals surface area contributed by atoms with Crippen LogP contribution >= 0.6 is 11.8 Å². The number of nitrogens with one attached hydrogen (secondary N) is 2. The summed E-state index contributed by atoms with van der Waals surface area (Å²) in [5.41, 5.74) is 1.75. The predicted octanol–water partition coefficient (Wildman–Crippen LogP) is 3.57. The first-order chi connectivity index (χ1) is 9.52. The molecule has 2 rings (SSSR count). The molecule has 1 aliphatic heterocycles. The molecular formula is C15H21N3OS. The monoisotopic (exact) mass is 291 g/mol. The Hall–Kier alpha value is -1.49. The number of hydrogen-bond acceptors (Lipinski definition) is 4. The average Bonchev–Trinajstić information content (AvgIpc) is 2.75. The highest BCUT2D eigenvalue weighted by Gasteiger charge is 2.20. The summed E-state index contributed by atoms with van der Waals surface area (Å²) >= 11 is 1.81. The first-order valence-corrected chi connectivity index (χ1v) is 7.76. The lowest BCUT2D eigenvalue weighted by Gasteiger charge is -2.11. The van der Waals surface area contributed by atoms with Gasteiger partial charge < -0.3 is 10.6 Å². The number of nitrogens with zero attached hydrogens (tertiary/aromatic N) is 1. The number of hydrogen-bond donors (Lipinski definition) is 2. The van der Waals surface area contributed by atoms with E-state index in [0.29, 0.717) is 11.2 Å². The SMILES string of the molecule is CC(=O)Nc1cccc(NC2=NCC(CC(C)C)S2)c1. The van der Waals surface area contributed by atoms with E-state index >= 15 is 0 Å². The molecule has 0 spiro atoms. The Morgan fingerprint density at radius 1 is 1.45 bits per heavy atom. The van der Waals surface area contributed by atoms with Crippen molar-refractivity contribution < 1.29 is 4.79 Å². The summed E-state index contributed by atoms with van der Waals surface area (Å²) in [6.07, 6.45) is 1.19. The van der Waals surface area contributed by atoms with Gasteiger partial charge in [0.05, 0.1) is 6.54 Å². The van der Waals surface area contributed by atoms with Crippen LogP contribution in [0.5, 0.6) is 0 Å². The van der Waals surface area contributed by atoms with Crippen LogP contribution in [0.4, 0.5) is 11.4 Å². The van der Waals surface area contributed by atoms with Crippen molar-refractivity contribution in [2.45, 2.75) is 32.4 Å². The fourth-order valence-electron chi connectivity index (χ4n) is 2.14. The third kappa shape index (κ3) is 4.56. The molecule has 0 bridgehead atoms. The van der Waals surface area contributed by atoms with E-state index < -0.39 is 0 Å². The smallest absolute Gasteiger partial charge is 0.221 e. The molecule has 0 aromatic heterocycles. The second kappa shape index (κ2) is 6.79. The number of carbonyl (C=O) groups excluding carboxylic acids is 1. The van der Waals surface area contributed by atoms with Gasteiger partial charge in [-0.1, -0.05) is 31.7 Å². The van der Waals surface area contributed by atoms with Gasteiger partial charge in [-0.15, -0.1) is 0 Å². The normalized spacial score (nSPS) is 18.0. The molecule has 0 saturated heterocycles. The Bertz CT molecular complexity index is 514. The van der Waals surface area contributed by atoms with Gasteiger partial charge in [0.15, 0.2) is 5.17 Å². The van der Waals surface area contributed by atoms with Crippen molar-refractivity contribution in [3.8, 4) is 0 Å². The summed E-state index contributed by atoms with van der Waals surface area (Å²) in [6, 6.07) is 7.68. The van der Waals surface area contributed by atoms with E-state index in [1.807, 2.05) is 24.3 Å². The van der Waals surface area contributed by atoms with E-state index in [2.05, 4.69) is 29.5 Å². The van der Waals surface area contributed by atoms with Crippen LogP contribution in [0.25, 0.3) is 0 Å². The fraction of sp³-hybridized carbons (Fsp3) is 0.467. The highest BCUT2D eigenvalue weighted by atomic mass is 32.2. The van der Waals surface area contributed by atoms with Gasteiger partial charge in [0.1, 0.15) is 0 Å². The maximum absolute atomic E-state index is 11.1. The molecular weight excluding hydrogens is 270 g/mol. The van der Waals surface area contributed by atoms with Crippen LogP contribution in [-0.2, 0) is 4.79 Å². The molecule has 108 valence electrons. The number of thioether (sulfide) groups is 1. The minimum atomic E-state index is -0.0632. The average molecular weight is 291 g/mol. The number of carbonyl (C=O) groups is 1. The van der Waals surface area contributed by atoms with Crippen molar-refractivity contribution in [3.63, 3.8) is 0 Å². The molecule has 1 amide bonds. The van der Waals surface area contributed by atoms with Gasteiger partial charge in [-0.25, -0.2) is 0 Å². The quantitative estimate of drug-likeness (QED) is 0.891.